The van der Waals surface area contributed by atoms with Crippen LogP contribution >= 0.6 is 11.3 Å². The molecule has 1 atom stereocenters. The van der Waals surface area contributed by atoms with E-state index in [0.29, 0.717) is 0 Å². The number of rotatable bonds is 9. The molecule has 1 aromatic heterocycles. The van der Waals surface area contributed by atoms with Gasteiger partial charge in [-0.25, -0.2) is 13.1 Å². The Balaban J connectivity index is 2.31. The number of nitrogens with zero attached hydrogens (tertiary/aromatic N) is 1. The van der Waals surface area contributed by atoms with Crippen LogP contribution in [0.4, 0.5) is 0 Å². The molecule has 0 fully saturated rings. The first-order valence-electron chi connectivity index (χ1n) is 8.29. The Labute approximate surface area is 164 Å². The van der Waals surface area contributed by atoms with Crippen LogP contribution in [0.15, 0.2) is 40.6 Å². The van der Waals surface area contributed by atoms with Gasteiger partial charge in [0.15, 0.2) is 0 Å². The highest BCUT2D eigenvalue weighted by molar-refractivity contribution is 7.89. The molecule has 7 nitrogen and oxygen atoms in total. The maximum Gasteiger partial charge on any atom is 0.254 e. The van der Waals surface area contributed by atoms with E-state index in [0.717, 1.165) is 4.88 Å². The van der Waals surface area contributed by atoms with Crippen molar-refractivity contribution in [2.45, 2.75) is 17.9 Å². The zero-order chi connectivity index (χ0) is 20.0. The van der Waals surface area contributed by atoms with Crippen molar-refractivity contribution in [3.63, 3.8) is 0 Å². The van der Waals surface area contributed by atoms with E-state index in [1.165, 1.54) is 26.4 Å². The van der Waals surface area contributed by atoms with Gasteiger partial charge in [-0.1, -0.05) is 6.07 Å². The SMILES string of the molecule is COCCNS(=O)(=O)c1cc(C(=O)N(C)C(C)c2cccs2)ccc1OC. The molecule has 27 heavy (non-hydrogen) atoms. The van der Waals surface area contributed by atoms with Gasteiger partial charge < -0.3 is 14.4 Å². The largest absolute Gasteiger partial charge is 0.495 e. The highest BCUT2D eigenvalue weighted by Gasteiger charge is 2.24. The van der Waals surface area contributed by atoms with Crippen molar-refractivity contribution in [3.05, 3.63) is 46.2 Å². The molecule has 0 spiro atoms. The number of benzene rings is 1. The Morgan fingerprint density at radius 3 is 2.63 bits per heavy atom. The first-order chi connectivity index (χ1) is 12.8. The van der Waals surface area contributed by atoms with Crippen LogP contribution < -0.4 is 9.46 Å². The van der Waals surface area contributed by atoms with Crippen LogP contribution in [0.2, 0.25) is 0 Å². The highest BCUT2D eigenvalue weighted by Crippen LogP contribution is 2.28. The molecule has 0 aliphatic heterocycles. The van der Waals surface area contributed by atoms with Gasteiger partial charge in [0.2, 0.25) is 10.0 Å². The molecule has 148 valence electrons. The van der Waals surface area contributed by atoms with Gasteiger partial charge in [0, 0.05) is 31.1 Å². The molecule has 0 radical (unpaired) electrons. The van der Waals surface area contributed by atoms with Gasteiger partial charge in [-0.15, -0.1) is 11.3 Å². The third kappa shape index (κ3) is 5.07. The monoisotopic (exact) mass is 412 g/mol. The van der Waals surface area contributed by atoms with Crippen LogP contribution in [0.1, 0.15) is 28.2 Å². The Hall–Kier alpha value is -1.94. The molecule has 0 saturated carbocycles. The summed E-state index contributed by atoms with van der Waals surface area (Å²) in [6, 6.07) is 8.16. The van der Waals surface area contributed by atoms with Gasteiger partial charge >= 0.3 is 0 Å². The lowest BCUT2D eigenvalue weighted by molar-refractivity contribution is 0.0744. The van der Waals surface area contributed by atoms with Crippen molar-refractivity contribution in [2.24, 2.45) is 0 Å². The summed E-state index contributed by atoms with van der Waals surface area (Å²) >= 11 is 1.57. The average Bonchev–Trinajstić information content (AvgIpc) is 3.20. The Morgan fingerprint density at radius 1 is 1.30 bits per heavy atom. The summed E-state index contributed by atoms with van der Waals surface area (Å²) in [6.45, 7) is 2.29. The Morgan fingerprint density at radius 2 is 2.04 bits per heavy atom. The van der Waals surface area contributed by atoms with Crippen molar-refractivity contribution >= 4 is 27.3 Å². The predicted molar refractivity (Wildman–Crippen MR) is 105 cm³/mol. The number of carbonyl (C=O) groups is 1. The number of thiophene rings is 1. The van der Waals surface area contributed by atoms with Gasteiger partial charge in [-0.2, -0.15) is 0 Å². The van der Waals surface area contributed by atoms with Gasteiger partial charge in [0.05, 0.1) is 19.8 Å². The van der Waals surface area contributed by atoms with Crippen LogP contribution in [0.3, 0.4) is 0 Å². The molecule has 0 aliphatic rings. The average molecular weight is 413 g/mol. The lowest BCUT2D eigenvalue weighted by atomic mass is 10.1. The molecule has 9 heteroatoms. The summed E-state index contributed by atoms with van der Waals surface area (Å²) in [6.07, 6.45) is 0. The summed E-state index contributed by atoms with van der Waals surface area (Å²) in [7, 11) is 0.722. The van der Waals surface area contributed by atoms with Gasteiger partial charge in [-0.3, -0.25) is 4.79 Å². The fourth-order valence-corrected chi connectivity index (χ4v) is 4.51. The topological polar surface area (TPSA) is 84.9 Å². The molecule has 1 amide bonds. The van der Waals surface area contributed by atoms with Crippen molar-refractivity contribution in [3.8, 4) is 5.75 Å². The normalized spacial score (nSPS) is 12.6. The van der Waals surface area contributed by atoms with E-state index in [9.17, 15) is 13.2 Å². The van der Waals surface area contributed by atoms with E-state index in [1.54, 1.807) is 29.4 Å². The van der Waals surface area contributed by atoms with Crippen LogP contribution in [0, 0.1) is 0 Å². The third-order valence-corrected chi connectivity index (χ3v) is 6.68. The van der Waals surface area contributed by atoms with Crippen LogP contribution in [-0.2, 0) is 14.8 Å². The summed E-state index contributed by atoms with van der Waals surface area (Å²) < 4.78 is 37.6. The van der Waals surface area contributed by atoms with E-state index in [1.807, 2.05) is 24.4 Å². The van der Waals surface area contributed by atoms with Gasteiger partial charge in [0.25, 0.3) is 5.91 Å². The first kappa shape index (κ1) is 21.4. The first-order valence-corrected chi connectivity index (χ1v) is 10.6. The van der Waals surface area contributed by atoms with E-state index < -0.39 is 10.0 Å². The number of methoxy groups -OCH3 is 2. The molecule has 1 aromatic carbocycles. The molecule has 1 unspecified atom stereocenters. The number of nitrogens with one attached hydrogen (secondary N) is 1. The molecule has 2 aromatic rings. The zero-order valence-corrected chi connectivity index (χ0v) is 17.4. The number of hydrogen-bond donors (Lipinski definition) is 1. The van der Waals surface area contributed by atoms with Crippen LogP contribution in [-0.4, -0.2) is 53.6 Å². The number of hydrogen-bond acceptors (Lipinski definition) is 6. The summed E-state index contributed by atoms with van der Waals surface area (Å²) in [5, 5.41) is 1.95. The number of ether oxygens (including phenoxy) is 2. The maximum atomic E-state index is 12.9. The fraction of sp³-hybridized carbons (Fsp3) is 0.389. The second-order valence-electron chi connectivity index (χ2n) is 5.86. The lowest BCUT2D eigenvalue weighted by Gasteiger charge is -2.24. The predicted octanol–water partition coefficient (Wildman–Crippen LogP) is 2.51. The zero-order valence-electron chi connectivity index (χ0n) is 15.8. The minimum absolute atomic E-state index is 0.0795. The molecule has 2 rings (SSSR count). The summed E-state index contributed by atoms with van der Waals surface area (Å²) in [5.74, 6) is -0.0997. The molecule has 0 saturated heterocycles. The summed E-state index contributed by atoms with van der Waals surface area (Å²) in [4.78, 5) is 15.4. The molecular formula is C18H24N2O5S2. The van der Waals surface area contributed by atoms with Crippen molar-refractivity contribution in [2.75, 3.05) is 34.4 Å². The van der Waals surface area contributed by atoms with E-state index >= 15 is 0 Å². The highest BCUT2D eigenvalue weighted by atomic mass is 32.2. The maximum absolute atomic E-state index is 12.9. The van der Waals surface area contributed by atoms with Gasteiger partial charge in [0.1, 0.15) is 10.6 Å². The van der Waals surface area contributed by atoms with Crippen LogP contribution in [0.25, 0.3) is 0 Å². The Bertz CT molecular complexity index is 866. The number of amides is 1. The number of sulfonamides is 1. The van der Waals surface area contributed by atoms with Crippen molar-refractivity contribution < 1.29 is 22.7 Å². The molecule has 0 aliphatic carbocycles. The Kier molecular flexibility index (Phi) is 7.37. The van der Waals surface area contributed by atoms with Gasteiger partial charge in [-0.05, 0) is 36.6 Å². The quantitative estimate of drug-likeness (QED) is 0.640. The van der Waals surface area contributed by atoms with Crippen molar-refractivity contribution in [1.82, 2.24) is 9.62 Å². The smallest absolute Gasteiger partial charge is 0.254 e. The van der Waals surface area contributed by atoms with E-state index in [-0.39, 0.29) is 41.3 Å². The van der Waals surface area contributed by atoms with E-state index in [2.05, 4.69) is 4.72 Å². The van der Waals surface area contributed by atoms with Crippen molar-refractivity contribution in [1.29, 1.82) is 0 Å². The number of carbonyl (C=O) groups excluding carboxylic acids is 1. The third-order valence-electron chi connectivity index (χ3n) is 4.15. The lowest BCUT2D eigenvalue weighted by Crippen LogP contribution is -2.30. The molecular weight excluding hydrogens is 388 g/mol. The minimum Gasteiger partial charge on any atom is -0.495 e. The summed E-state index contributed by atoms with van der Waals surface area (Å²) in [5.41, 5.74) is 0.272. The standard InChI is InChI=1S/C18H24N2O5S2/c1-13(16-6-5-11-26-16)20(2)18(21)14-7-8-15(25-4)17(12-14)27(22,23)19-9-10-24-3/h5-8,11-13,19H,9-10H2,1-4H3. The molecule has 1 heterocycles. The molecule has 1 N–H and O–H groups in total. The fourth-order valence-electron chi connectivity index (χ4n) is 2.47. The minimum atomic E-state index is -3.84. The molecule has 0 bridgehead atoms. The second kappa shape index (κ2) is 9.32. The van der Waals surface area contributed by atoms with Crippen LogP contribution in [0.5, 0.6) is 5.75 Å². The second-order valence-corrected chi connectivity index (χ2v) is 8.58. The van der Waals surface area contributed by atoms with E-state index in [4.69, 9.17) is 9.47 Å².